The fraction of sp³-hybridized carbons (Fsp3) is 0.143. The van der Waals surface area contributed by atoms with Crippen molar-refractivity contribution < 1.29 is 17.6 Å². The second-order valence-electron chi connectivity index (χ2n) is 6.53. The van der Waals surface area contributed by atoms with E-state index in [1.807, 2.05) is 6.07 Å². The van der Waals surface area contributed by atoms with Gasteiger partial charge in [-0.25, -0.2) is 17.9 Å². The summed E-state index contributed by atoms with van der Waals surface area (Å²) in [5.41, 5.74) is 1.71. The molecule has 0 unspecified atom stereocenters. The minimum Gasteiger partial charge on any atom is -0.332 e. The van der Waals surface area contributed by atoms with Gasteiger partial charge in [0.2, 0.25) is 15.9 Å². The number of amides is 1. The van der Waals surface area contributed by atoms with Gasteiger partial charge in [-0.15, -0.1) is 0 Å². The average molecular weight is 413 g/mol. The maximum Gasteiger partial charge on any atom is 0.238 e. The molecule has 1 aromatic heterocycles. The van der Waals surface area contributed by atoms with Crippen molar-refractivity contribution in [1.29, 1.82) is 0 Å². The van der Waals surface area contributed by atoms with E-state index >= 15 is 0 Å². The molecule has 29 heavy (non-hydrogen) atoms. The van der Waals surface area contributed by atoms with Crippen molar-refractivity contribution in [3.8, 4) is 0 Å². The lowest BCUT2D eigenvalue weighted by atomic mass is 10.1. The predicted molar refractivity (Wildman–Crippen MR) is 106 cm³/mol. The number of aromatic nitrogens is 1. The van der Waals surface area contributed by atoms with E-state index in [0.29, 0.717) is 16.8 Å². The third kappa shape index (κ3) is 5.69. The molecule has 3 rings (SSSR count). The van der Waals surface area contributed by atoms with E-state index in [9.17, 15) is 17.6 Å². The van der Waals surface area contributed by atoms with Gasteiger partial charge in [0.15, 0.2) is 0 Å². The lowest BCUT2D eigenvalue weighted by molar-refractivity contribution is -0.131. The lowest BCUT2D eigenvalue weighted by Gasteiger charge is -2.23. The Morgan fingerprint density at radius 2 is 1.66 bits per heavy atom. The number of primary sulfonamides is 1. The molecular formula is C21H20FN3O3S. The fourth-order valence-corrected chi connectivity index (χ4v) is 3.35. The van der Waals surface area contributed by atoms with Crippen LogP contribution in [0.2, 0.25) is 0 Å². The van der Waals surface area contributed by atoms with E-state index in [1.54, 1.807) is 48.7 Å². The number of hydrogen-bond acceptors (Lipinski definition) is 4. The highest BCUT2D eigenvalue weighted by Crippen LogP contribution is 2.15. The summed E-state index contributed by atoms with van der Waals surface area (Å²) in [5.74, 6) is -0.619. The van der Waals surface area contributed by atoms with Crippen LogP contribution in [0, 0.1) is 5.82 Å². The van der Waals surface area contributed by atoms with Crippen molar-refractivity contribution in [1.82, 2.24) is 9.88 Å². The zero-order valence-electron chi connectivity index (χ0n) is 15.5. The van der Waals surface area contributed by atoms with E-state index in [-0.39, 0.29) is 36.1 Å². The highest BCUT2D eigenvalue weighted by Gasteiger charge is 2.18. The maximum atomic E-state index is 14.1. The van der Waals surface area contributed by atoms with Gasteiger partial charge in [0.05, 0.1) is 23.6 Å². The maximum absolute atomic E-state index is 14.1. The Balaban J connectivity index is 1.80. The van der Waals surface area contributed by atoms with Gasteiger partial charge in [-0.05, 0) is 35.9 Å². The molecule has 3 aromatic rings. The Morgan fingerprint density at radius 1 is 0.966 bits per heavy atom. The van der Waals surface area contributed by atoms with Crippen LogP contribution in [0.25, 0.3) is 0 Å². The largest absolute Gasteiger partial charge is 0.332 e. The molecule has 0 bridgehead atoms. The van der Waals surface area contributed by atoms with Crippen LogP contribution < -0.4 is 5.14 Å². The molecule has 0 saturated carbocycles. The Hall–Kier alpha value is -3.10. The van der Waals surface area contributed by atoms with Gasteiger partial charge >= 0.3 is 0 Å². The van der Waals surface area contributed by atoms with Crippen LogP contribution in [0.1, 0.15) is 16.8 Å². The Morgan fingerprint density at radius 3 is 2.28 bits per heavy atom. The Kier molecular flexibility index (Phi) is 6.36. The number of sulfonamides is 1. The molecule has 1 amide bonds. The summed E-state index contributed by atoms with van der Waals surface area (Å²) in [5, 5.41) is 5.10. The number of rotatable bonds is 7. The first-order valence-electron chi connectivity index (χ1n) is 8.86. The van der Waals surface area contributed by atoms with Crippen LogP contribution in [0.15, 0.2) is 77.8 Å². The topological polar surface area (TPSA) is 93.4 Å². The van der Waals surface area contributed by atoms with Gasteiger partial charge in [-0.3, -0.25) is 9.78 Å². The van der Waals surface area contributed by atoms with Gasteiger partial charge in [0.1, 0.15) is 5.82 Å². The Bertz CT molecular complexity index is 1090. The molecular weight excluding hydrogens is 393 g/mol. The average Bonchev–Trinajstić information content (AvgIpc) is 2.69. The fourth-order valence-electron chi connectivity index (χ4n) is 2.84. The summed E-state index contributed by atoms with van der Waals surface area (Å²) >= 11 is 0. The van der Waals surface area contributed by atoms with E-state index in [1.165, 1.54) is 23.1 Å². The molecule has 6 nitrogen and oxygen atoms in total. The predicted octanol–water partition coefficient (Wildman–Crippen LogP) is 2.64. The second-order valence-corrected chi connectivity index (χ2v) is 8.09. The summed E-state index contributed by atoms with van der Waals surface area (Å²) in [6.07, 6.45) is 1.67. The molecule has 150 valence electrons. The van der Waals surface area contributed by atoms with Crippen molar-refractivity contribution in [3.63, 3.8) is 0 Å². The van der Waals surface area contributed by atoms with Gasteiger partial charge in [-0.2, -0.15) is 0 Å². The molecule has 0 atom stereocenters. The SMILES string of the molecule is NS(=O)(=O)c1ccc(CC(=O)N(Cc2ccccn2)Cc2ccccc2F)cc1. The van der Waals surface area contributed by atoms with Crippen molar-refractivity contribution in [2.24, 2.45) is 5.14 Å². The molecule has 2 aromatic carbocycles. The number of halogens is 1. The first-order chi connectivity index (χ1) is 13.8. The third-order valence-corrected chi connectivity index (χ3v) is 5.29. The molecule has 0 spiro atoms. The minimum atomic E-state index is -3.80. The molecule has 8 heteroatoms. The van der Waals surface area contributed by atoms with Crippen molar-refractivity contribution in [2.75, 3.05) is 0 Å². The van der Waals surface area contributed by atoms with E-state index in [2.05, 4.69) is 4.98 Å². The van der Waals surface area contributed by atoms with E-state index in [0.717, 1.165) is 0 Å². The van der Waals surface area contributed by atoms with Crippen LogP contribution in [0.5, 0.6) is 0 Å². The van der Waals surface area contributed by atoms with Gasteiger partial charge in [0.25, 0.3) is 0 Å². The van der Waals surface area contributed by atoms with Crippen LogP contribution in [-0.4, -0.2) is 24.2 Å². The summed E-state index contributed by atoms with van der Waals surface area (Å²) in [4.78, 5) is 18.7. The van der Waals surface area contributed by atoms with Crippen LogP contribution >= 0.6 is 0 Å². The van der Waals surface area contributed by atoms with Crippen molar-refractivity contribution >= 4 is 15.9 Å². The normalized spacial score (nSPS) is 11.2. The molecule has 0 aliphatic heterocycles. The van der Waals surface area contributed by atoms with Gasteiger partial charge in [0, 0.05) is 18.3 Å². The third-order valence-electron chi connectivity index (χ3n) is 4.36. The van der Waals surface area contributed by atoms with Crippen LogP contribution in [0.4, 0.5) is 4.39 Å². The number of carbonyl (C=O) groups excluding carboxylic acids is 1. The molecule has 0 aliphatic rings. The summed E-state index contributed by atoms with van der Waals surface area (Å²) in [6, 6.07) is 17.5. The smallest absolute Gasteiger partial charge is 0.238 e. The molecule has 1 heterocycles. The second kappa shape index (κ2) is 8.93. The summed E-state index contributed by atoms with van der Waals surface area (Å²) in [6.45, 7) is 0.320. The number of nitrogens with zero attached hydrogens (tertiary/aromatic N) is 2. The van der Waals surface area contributed by atoms with Crippen LogP contribution in [-0.2, 0) is 34.3 Å². The first-order valence-corrected chi connectivity index (χ1v) is 10.4. The highest BCUT2D eigenvalue weighted by molar-refractivity contribution is 7.89. The quantitative estimate of drug-likeness (QED) is 0.644. The van der Waals surface area contributed by atoms with Gasteiger partial charge in [-0.1, -0.05) is 36.4 Å². The molecule has 0 saturated heterocycles. The zero-order valence-corrected chi connectivity index (χ0v) is 16.3. The summed E-state index contributed by atoms with van der Waals surface area (Å²) in [7, 11) is -3.80. The van der Waals surface area contributed by atoms with Crippen molar-refractivity contribution in [2.45, 2.75) is 24.4 Å². The number of carbonyl (C=O) groups is 1. The van der Waals surface area contributed by atoms with Crippen molar-refractivity contribution in [3.05, 3.63) is 95.6 Å². The number of benzene rings is 2. The van der Waals surface area contributed by atoms with E-state index in [4.69, 9.17) is 5.14 Å². The molecule has 0 radical (unpaired) electrons. The lowest BCUT2D eigenvalue weighted by Crippen LogP contribution is -2.32. The minimum absolute atomic E-state index is 0.0228. The van der Waals surface area contributed by atoms with Gasteiger partial charge < -0.3 is 4.90 Å². The van der Waals surface area contributed by atoms with E-state index < -0.39 is 10.0 Å². The number of pyridine rings is 1. The molecule has 2 N–H and O–H groups in total. The summed E-state index contributed by atoms with van der Waals surface area (Å²) < 4.78 is 36.9. The zero-order chi connectivity index (χ0) is 20.9. The number of hydrogen-bond donors (Lipinski definition) is 1. The molecule has 0 fully saturated rings. The monoisotopic (exact) mass is 413 g/mol. The number of nitrogens with two attached hydrogens (primary N) is 1. The Labute approximate surface area is 168 Å². The van der Waals surface area contributed by atoms with Crippen LogP contribution in [0.3, 0.4) is 0 Å². The first kappa shape index (κ1) is 20.6. The standard InChI is InChI=1S/C21H20FN3O3S/c22-20-7-2-1-5-17(20)14-25(15-18-6-3-4-12-24-18)21(26)13-16-8-10-19(11-9-16)29(23,27)28/h1-12H,13-15H2,(H2,23,27,28). The molecule has 0 aliphatic carbocycles. The highest BCUT2D eigenvalue weighted by atomic mass is 32.2.